The number of nitrogens with zero attached hydrogens (tertiary/aromatic N) is 1. The lowest BCUT2D eigenvalue weighted by Gasteiger charge is -2.32. The third-order valence-corrected chi connectivity index (χ3v) is 4.61. The first-order chi connectivity index (χ1) is 10.3. The Labute approximate surface area is 129 Å². The maximum atomic E-state index is 12.4. The standard InChI is InChI=1S/C17H19NO2S/c19-17(16-7-4-12-21-16)18-10-11-20-15(13-18)9-8-14-5-2-1-3-6-14/h1-7,12,15H,8-11,13H2/t15-/m1/s1. The number of amides is 1. The van der Waals surface area contributed by atoms with Gasteiger partial charge in [-0.3, -0.25) is 4.79 Å². The van der Waals surface area contributed by atoms with E-state index in [1.807, 2.05) is 28.5 Å². The molecule has 2 heterocycles. The van der Waals surface area contributed by atoms with Gasteiger partial charge in [0.05, 0.1) is 17.6 Å². The van der Waals surface area contributed by atoms with Crippen LogP contribution >= 0.6 is 11.3 Å². The molecule has 3 nitrogen and oxygen atoms in total. The summed E-state index contributed by atoms with van der Waals surface area (Å²) in [5.41, 5.74) is 1.32. The van der Waals surface area contributed by atoms with Crippen LogP contribution in [-0.2, 0) is 11.2 Å². The average Bonchev–Trinajstić information content (AvgIpc) is 3.08. The maximum Gasteiger partial charge on any atom is 0.264 e. The molecule has 0 spiro atoms. The Hall–Kier alpha value is -1.65. The molecule has 0 aliphatic carbocycles. The van der Waals surface area contributed by atoms with Gasteiger partial charge in [0.1, 0.15) is 0 Å². The Bertz CT molecular complexity index is 568. The molecule has 0 N–H and O–H groups in total. The van der Waals surface area contributed by atoms with E-state index in [0.717, 1.165) is 17.7 Å². The van der Waals surface area contributed by atoms with Crippen molar-refractivity contribution in [3.05, 3.63) is 58.3 Å². The van der Waals surface area contributed by atoms with Gasteiger partial charge in [0.15, 0.2) is 0 Å². The summed E-state index contributed by atoms with van der Waals surface area (Å²) in [6, 6.07) is 14.2. The highest BCUT2D eigenvalue weighted by Gasteiger charge is 2.25. The molecule has 2 aromatic rings. The van der Waals surface area contributed by atoms with E-state index in [2.05, 4.69) is 24.3 Å². The van der Waals surface area contributed by atoms with E-state index in [9.17, 15) is 4.79 Å². The Morgan fingerprint density at radius 2 is 2.10 bits per heavy atom. The molecule has 3 rings (SSSR count). The highest BCUT2D eigenvalue weighted by molar-refractivity contribution is 7.12. The monoisotopic (exact) mass is 301 g/mol. The smallest absolute Gasteiger partial charge is 0.264 e. The van der Waals surface area contributed by atoms with Crippen LogP contribution in [-0.4, -0.2) is 36.6 Å². The van der Waals surface area contributed by atoms with E-state index in [-0.39, 0.29) is 12.0 Å². The predicted molar refractivity (Wildman–Crippen MR) is 84.7 cm³/mol. The summed E-state index contributed by atoms with van der Waals surface area (Å²) < 4.78 is 5.81. The fraction of sp³-hybridized carbons (Fsp3) is 0.353. The van der Waals surface area contributed by atoms with E-state index in [1.54, 1.807) is 0 Å². The SMILES string of the molecule is O=C(c1cccs1)N1CCO[C@H](CCc2ccccc2)C1. The number of aryl methyl sites for hydroxylation is 1. The van der Waals surface area contributed by atoms with E-state index in [1.165, 1.54) is 16.9 Å². The molecule has 1 aliphatic heterocycles. The fourth-order valence-corrected chi connectivity index (χ4v) is 3.30. The Morgan fingerprint density at radius 1 is 1.24 bits per heavy atom. The summed E-state index contributed by atoms with van der Waals surface area (Å²) in [5.74, 6) is 0.137. The third kappa shape index (κ3) is 3.71. The van der Waals surface area contributed by atoms with E-state index < -0.39 is 0 Å². The first kappa shape index (κ1) is 14.3. The number of hydrogen-bond donors (Lipinski definition) is 0. The Morgan fingerprint density at radius 3 is 2.86 bits per heavy atom. The van der Waals surface area contributed by atoms with Crippen LogP contribution in [0.4, 0.5) is 0 Å². The first-order valence-corrected chi connectivity index (χ1v) is 8.19. The summed E-state index contributed by atoms with van der Waals surface area (Å²) in [4.78, 5) is 15.1. The molecular weight excluding hydrogens is 282 g/mol. The van der Waals surface area contributed by atoms with E-state index in [4.69, 9.17) is 4.74 Å². The molecule has 110 valence electrons. The Balaban J connectivity index is 1.55. The molecule has 1 amide bonds. The molecule has 1 fully saturated rings. The molecular formula is C17H19NO2S. The summed E-state index contributed by atoms with van der Waals surface area (Å²) in [6.45, 7) is 2.03. The highest BCUT2D eigenvalue weighted by atomic mass is 32.1. The fourth-order valence-electron chi connectivity index (χ4n) is 2.61. The van der Waals surface area contributed by atoms with Gasteiger partial charge in [-0.15, -0.1) is 11.3 Å². The number of thiophene rings is 1. The van der Waals surface area contributed by atoms with Crippen molar-refractivity contribution in [3.63, 3.8) is 0 Å². The van der Waals surface area contributed by atoms with Gasteiger partial charge in [0.2, 0.25) is 0 Å². The largest absolute Gasteiger partial charge is 0.375 e. The van der Waals surface area contributed by atoms with Gasteiger partial charge in [-0.25, -0.2) is 0 Å². The lowest BCUT2D eigenvalue weighted by molar-refractivity contribution is -0.0244. The number of rotatable bonds is 4. The minimum atomic E-state index is 0.137. The second-order valence-corrected chi connectivity index (χ2v) is 6.19. The van der Waals surface area contributed by atoms with Crippen LogP contribution in [0.3, 0.4) is 0 Å². The van der Waals surface area contributed by atoms with Crippen molar-refractivity contribution in [2.45, 2.75) is 18.9 Å². The zero-order valence-corrected chi connectivity index (χ0v) is 12.7. The predicted octanol–water partition coefficient (Wildman–Crippen LogP) is 3.22. The lowest BCUT2D eigenvalue weighted by atomic mass is 10.1. The number of carbonyl (C=O) groups is 1. The quantitative estimate of drug-likeness (QED) is 0.868. The van der Waals surface area contributed by atoms with Crippen LogP contribution in [0.15, 0.2) is 47.8 Å². The van der Waals surface area contributed by atoms with Crippen LogP contribution < -0.4 is 0 Å². The molecule has 0 saturated carbocycles. The molecule has 1 atom stereocenters. The third-order valence-electron chi connectivity index (χ3n) is 3.76. The lowest BCUT2D eigenvalue weighted by Crippen LogP contribution is -2.45. The summed E-state index contributed by atoms with van der Waals surface area (Å²) in [5, 5.41) is 1.95. The van der Waals surface area contributed by atoms with Gasteiger partial charge >= 0.3 is 0 Å². The van der Waals surface area contributed by atoms with Crippen LogP contribution in [0.2, 0.25) is 0 Å². The van der Waals surface area contributed by atoms with Crippen molar-refractivity contribution in [2.24, 2.45) is 0 Å². The van der Waals surface area contributed by atoms with Crippen molar-refractivity contribution in [3.8, 4) is 0 Å². The molecule has 1 aromatic heterocycles. The van der Waals surface area contributed by atoms with Gasteiger partial charge in [-0.05, 0) is 29.9 Å². The maximum absolute atomic E-state index is 12.4. The number of carbonyl (C=O) groups excluding carboxylic acids is 1. The van der Waals surface area contributed by atoms with Crippen molar-refractivity contribution in [1.29, 1.82) is 0 Å². The second kappa shape index (κ2) is 6.87. The topological polar surface area (TPSA) is 29.5 Å². The van der Waals surface area contributed by atoms with Crippen LogP contribution in [0.25, 0.3) is 0 Å². The summed E-state index contributed by atoms with van der Waals surface area (Å²) in [6.07, 6.45) is 2.09. The van der Waals surface area contributed by atoms with Gasteiger partial charge in [0, 0.05) is 13.1 Å². The number of benzene rings is 1. The summed E-state index contributed by atoms with van der Waals surface area (Å²) >= 11 is 1.50. The second-order valence-electron chi connectivity index (χ2n) is 5.25. The first-order valence-electron chi connectivity index (χ1n) is 7.31. The van der Waals surface area contributed by atoms with Crippen LogP contribution in [0.5, 0.6) is 0 Å². The van der Waals surface area contributed by atoms with Crippen molar-refractivity contribution < 1.29 is 9.53 Å². The van der Waals surface area contributed by atoms with Crippen molar-refractivity contribution >= 4 is 17.2 Å². The molecule has 1 aromatic carbocycles. The van der Waals surface area contributed by atoms with Crippen molar-refractivity contribution in [1.82, 2.24) is 4.90 Å². The van der Waals surface area contributed by atoms with Gasteiger partial charge in [-0.2, -0.15) is 0 Å². The van der Waals surface area contributed by atoms with Crippen molar-refractivity contribution in [2.75, 3.05) is 19.7 Å². The molecule has 4 heteroatoms. The number of morpholine rings is 1. The average molecular weight is 301 g/mol. The van der Waals surface area contributed by atoms with Gasteiger partial charge in [-0.1, -0.05) is 36.4 Å². The van der Waals surface area contributed by atoms with Gasteiger partial charge in [0.25, 0.3) is 5.91 Å². The molecule has 21 heavy (non-hydrogen) atoms. The number of ether oxygens (including phenoxy) is 1. The van der Waals surface area contributed by atoms with Crippen LogP contribution in [0.1, 0.15) is 21.7 Å². The molecule has 0 unspecified atom stereocenters. The number of hydrogen-bond acceptors (Lipinski definition) is 3. The van der Waals surface area contributed by atoms with Gasteiger partial charge < -0.3 is 9.64 Å². The Kier molecular flexibility index (Phi) is 4.68. The molecule has 1 aliphatic rings. The highest BCUT2D eigenvalue weighted by Crippen LogP contribution is 2.17. The van der Waals surface area contributed by atoms with Crippen LogP contribution in [0, 0.1) is 0 Å². The zero-order chi connectivity index (χ0) is 14.5. The normalized spacial score (nSPS) is 18.7. The zero-order valence-electron chi connectivity index (χ0n) is 11.9. The minimum Gasteiger partial charge on any atom is -0.375 e. The van der Waals surface area contributed by atoms with E-state index in [0.29, 0.717) is 19.7 Å². The summed E-state index contributed by atoms with van der Waals surface area (Å²) in [7, 11) is 0. The molecule has 1 saturated heterocycles. The van der Waals surface area contributed by atoms with E-state index >= 15 is 0 Å². The molecule has 0 bridgehead atoms. The minimum absolute atomic E-state index is 0.137. The molecule has 0 radical (unpaired) electrons.